The molecule has 1 aromatic carbocycles. The van der Waals surface area contributed by atoms with Crippen molar-refractivity contribution in [2.45, 2.75) is 19.4 Å². The molecule has 0 fully saturated rings. The highest BCUT2D eigenvalue weighted by Gasteiger charge is 2.30. The van der Waals surface area contributed by atoms with Gasteiger partial charge in [0.25, 0.3) is 0 Å². The summed E-state index contributed by atoms with van der Waals surface area (Å²) in [5, 5.41) is 0. The lowest BCUT2D eigenvalue weighted by atomic mass is 10.2. The molecule has 1 aliphatic heterocycles. The number of aliphatic imine (C=N–C) groups is 1. The van der Waals surface area contributed by atoms with Gasteiger partial charge in [0.15, 0.2) is 5.96 Å². The number of thiophene rings is 1. The van der Waals surface area contributed by atoms with Gasteiger partial charge in [-0.05, 0) is 36.8 Å². The van der Waals surface area contributed by atoms with Crippen LogP contribution in [0.5, 0.6) is 0 Å². The third-order valence-electron chi connectivity index (χ3n) is 3.43. The van der Waals surface area contributed by atoms with Gasteiger partial charge in [-0.15, -0.1) is 11.3 Å². The zero-order valence-corrected chi connectivity index (χ0v) is 12.0. The number of aryl methyl sites for hydroxylation is 1. The van der Waals surface area contributed by atoms with Crippen molar-refractivity contribution < 1.29 is 4.39 Å². The molecular weight excluding hydrogens is 273 g/mol. The van der Waals surface area contributed by atoms with E-state index in [1.807, 2.05) is 11.0 Å². The summed E-state index contributed by atoms with van der Waals surface area (Å²) in [4.78, 5) is 8.79. The zero-order valence-electron chi connectivity index (χ0n) is 11.2. The van der Waals surface area contributed by atoms with Gasteiger partial charge < -0.3 is 10.6 Å². The molecule has 2 N–H and O–H groups in total. The van der Waals surface area contributed by atoms with E-state index in [2.05, 4.69) is 24.0 Å². The summed E-state index contributed by atoms with van der Waals surface area (Å²) in [6.45, 7) is 2.76. The van der Waals surface area contributed by atoms with Gasteiger partial charge in [-0.1, -0.05) is 13.0 Å². The molecule has 1 atom stereocenters. The van der Waals surface area contributed by atoms with Crippen LogP contribution >= 0.6 is 11.3 Å². The van der Waals surface area contributed by atoms with E-state index in [4.69, 9.17) is 5.73 Å². The van der Waals surface area contributed by atoms with Crippen LogP contribution < -0.4 is 10.6 Å². The van der Waals surface area contributed by atoms with Crippen molar-refractivity contribution in [3.63, 3.8) is 0 Å². The largest absolute Gasteiger partial charge is 0.369 e. The van der Waals surface area contributed by atoms with Gasteiger partial charge in [-0.2, -0.15) is 0 Å². The Kier molecular flexibility index (Phi) is 3.44. The molecule has 1 aliphatic rings. The van der Waals surface area contributed by atoms with E-state index in [1.165, 1.54) is 21.9 Å². The molecule has 0 amide bonds. The lowest BCUT2D eigenvalue weighted by molar-refractivity contribution is 0.627. The molecule has 3 nitrogen and oxygen atoms in total. The lowest BCUT2D eigenvalue weighted by Gasteiger charge is -2.25. The van der Waals surface area contributed by atoms with Crippen molar-refractivity contribution in [3.8, 4) is 0 Å². The van der Waals surface area contributed by atoms with Crippen molar-refractivity contribution in [3.05, 3.63) is 52.0 Å². The van der Waals surface area contributed by atoms with Crippen LogP contribution in [-0.2, 0) is 6.42 Å². The first-order valence-corrected chi connectivity index (χ1v) is 7.44. The summed E-state index contributed by atoms with van der Waals surface area (Å²) in [6, 6.07) is 10.8. The quantitative estimate of drug-likeness (QED) is 0.941. The summed E-state index contributed by atoms with van der Waals surface area (Å²) < 4.78 is 13.4. The maximum Gasteiger partial charge on any atom is 0.196 e. The van der Waals surface area contributed by atoms with Gasteiger partial charge >= 0.3 is 0 Å². The Balaban J connectivity index is 1.96. The van der Waals surface area contributed by atoms with Crippen LogP contribution in [-0.4, -0.2) is 12.5 Å². The molecule has 0 bridgehead atoms. The van der Waals surface area contributed by atoms with Crippen LogP contribution in [0.25, 0.3) is 0 Å². The van der Waals surface area contributed by atoms with Gasteiger partial charge in [0.2, 0.25) is 0 Å². The van der Waals surface area contributed by atoms with Crippen molar-refractivity contribution in [1.82, 2.24) is 0 Å². The Morgan fingerprint density at radius 2 is 2.25 bits per heavy atom. The average molecular weight is 289 g/mol. The summed E-state index contributed by atoms with van der Waals surface area (Å²) in [6.07, 6.45) is 1.02. The first-order valence-electron chi connectivity index (χ1n) is 6.62. The normalized spacial score (nSPS) is 18.4. The minimum atomic E-state index is -0.263. The minimum absolute atomic E-state index is 0.0714. The lowest BCUT2D eigenvalue weighted by Crippen LogP contribution is -2.35. The van der Waals surface area contributed by atoms with Gasteiger partial charge in [-0.25, -0.2) is 4.39 Å². The molecule has 0 radical (unpaired) electrons. The van der Waals surface area contributed by atoms with Gasteiger partial charge in [0, 0.05) is 15.4 Å². The molecule has 5 heteroatoms. The smallest absolute Gasteiger partial charge is 0.196 e. The summed E-state index contributed by atoms with van der Waals surface area (Å²) in [5.41, 5.74) is 6.74. The van der Waals surface area contributed by atoms with Gasteiger partial charge in [-0.3, -0.25) is 4.99 Å². The molecule has 2 aromatic rings. The Labute approximate surface area is 121 Å². The third-order valence-corrected chi connectivity index (χ3v) is 4.76. The third kappa shape index (κ3) is 2.29. The van der Waals surface area contributed by atoms with E-state index in [1.54, 1.807) is 17.4 Å². The molecule has 1 unspecified atom stereocenters. The van der Waals surface area contributed by atoms with Crippen LogP contribution in [0.2, 0.25) is 0 Å². The second-order valence-electron chi connectivity index (χ2n) is 4.72. The molecule has 20 heavy (non-hydrogen) atoms. The molecule has 1 aromatic heterocycles. The SMILES string of the molecule is CCc1ccc(C2CN=C(N)N2c2cccc(F)c2)s1. The van der Waals surface area contributed by atoms with Crippen LogP contribution in [0.3, 0.4) is 0 Å². The summed E-state index contributed by atoms with van der Waals surface area (Å²) in [7, 11) is 0. The van der Waals surface area contributed by atoms with E-state index in [0.29, 0.717) is 12.5 Å². The number of halogens is 1. The fraction of sp³-hybridized carbons (Fsp3) is 0.267. The summed E-state index contributed by atoms with van der Waals surface area (Å²) >= 11 is 1.77. The van der Waals surface area contributed by atoms with Crippen molar-refractivity contribution in [1.29, 1.82) is 0 Å². The number of anilines is 1. The zero-order chi connectivity index (χ0) is 14.1. The number of guanidine groups is 1. The van der Waals surface area contributed by atoms with E-state index in [-0.39, 0.29) is 11.9 Å². The molecule has 3 rings (SSSR count). The predicted octanol–water partition coefficient (Wildman–Crippen LogP) is 3.33. The Hall–Kier alpha value is -1.88. The predicted molar refractivity (Wildman–Crippen MR) is 81.8 cm³/mol. The van der Waals surface area contributed by atoms with Crippen LogP contribution in [0.4, 0.5) is 10.1 Å². The Bertz CT molecular complexity index is 650. The highest BCUT2D eigenvalue weighted by Crippen LogP contribution is 2.35. The fourth-order valence-electron chi connectivity index (χ4n) is 2.42. The molecule has 0 saturated carbocycles. The average Bonchev–Trinajstić information content (AvgIpc) is 3.04. The highest BCUT2D eigenvalue weighted by molar-refractivity contribution is 7.12. The Morgan fingerprint density at radius 3 is 2.95 bits per heavy atom. The number of hydrogen-bond acceptors (Lipinski definition) is 4. The molecule has 0 aliphatic carbocycles. The first kappa shape index (κ1) is 13.1. The second-order valence-corrected chi connectivity index (χ2v) is 5.92. The highest BCUT2D eigenvalue weighted by atomic mass is 32.1. The molecular formula is C15H16FN3S. The van der Waals surface area contributed by atoms with Gasteiger partial charge in [0.1, 0.15) is 5.82 Å². The second kappa shape index (κ2) is 5.25. The topological polar surface area (TPSA) is 41.6 Å². The number of benzene rings is 1. The molecule has 0 spiro atoms. The van der Waals surface area contributed by atoms with E-state index < -0.39 is 0 Å². The number of hydrogen-bond donors (Lipinski definition) is 1. The molecule has 0 saturated heterocycles. The van der Waals surface area contributed by atoms with Crippen molar-refractivity contribution in [2.24, 2.45) is 10.7 Å². The molecule has 104 valence electrons. The van der Waals surface area contributed by atoms with Crippen LogP contribution in [0.1, 0.15) is 22.7 Å². The van der Waals surface area contributed by atoms with Crippen molar-refractivity contribution in [2.75, 3.05) is 11.4 Å². The van der Waals surface area contributed by atoms with Crippen LogP contribution in [0.15, 0.2) is 41.4 Å². The Morgan fingerprint density at radius 1 is 1.40 bits per heavy atom. The minimum Gasteiger partial charge on any atom is -0.369 e. The fourth-order valence-corrected chi connectivity index (χ4v) is 3.45. The molecule has 2 heterocycles. The van der Waals surface area contributed by atoms with Crippen LogP contribution in [0, 0.1) is 5.82 Å². The van der Waals surface area contributed by atoms with Gasteiger partial charge in [0.05, 0.1) is 12.6 Å². The number of nitrogens with zero attached hydrogens (tertiary/aromatic N) is 2. The number of rotatable bonds is 3. The maximum absolute atomic E-state index is 13.4. The summed E-state index contributed by atoms with van der Waals surface area (Å²) in [5.74, 6) is 0.188. The monoisotopic (exact) mass is 289 g/mol. The van der Waals surface area contributed by atoms with E-state index >= 15 is 0 Å². The first-order chi connectivity index (χ1) is 9.69. The standard InChI is InChI=1S/C15H16FN3S/c1-2-12-6-7-14(20-12)13-9-18-15(17)19(13)11-5-3-4-10(16)8-11/h3-8,13H,2,9H2,1H3,(H2,17,18). The van der Waals surface area contributed by atoms with Crippen molar-refractivity contribution >= 4 is 23.0 Å². The van der Waals surface area contributed by atoms with E-state index in [0.717, 1.165) is 12.1 Å². The number of nitrogens with two attached hydrogens (primary N) is 1. The maximum atomic E-state index is 13.4. The van der Waals surface area contributed by atoms with E-state index in [9.17, 15) is 4.39 Å².